The number of nitrogens with one attached hydrogen (secondary N) is 2. The SMILES string of the molecule is O=C(Nc1ccc(Cl)c(Cl)c1)C1(C(=O)Nc2ccc(Cl)c(Cl)c2)CC1. The molecule has 4 nitrogen and oxygen atoms in total. The molecular weight excluding hydrogens is 406 g/mol. The van der Waals surface area contributed by atoms with Gasteiger partial charge in [-0.1, -0.05) is 46.4 Å². The fraction of sp³-hybridized carbons (Fsp3) is 0.176. The van der Waals surface area contributed by atoms with Crippen LogP contribution in [0.15, 0.2) is 36.4 Å². The molecule has 0 bridgehead atoms. The van der Waals surface area contributed by atoms with Crippen molar-refractivity contribution in [2.75, 3.05) is 10.6 Å². The first kappa shape index (κ1) is 18.3. The fourth-order valence-electron chi connectivity index (χ4n) is 2.33. The van der Waals surface area contributed by atoms with Crippen molar-refractivity contribution >= 4 is 69.6 Å². The summed E-state index contributed by atoms with van der Waals surface area (Å²) in [5.74, 6) is -0.771. The van der Waals surface area contributed by atoms with Crippen LogP contribution in [0.3, 0.4) is 0 Å². The lowest BCUT2D eigenvalue weighted by Gasteiger charge is -2.16. The summed E-state index contributed by atoms with van der Waals surface area (Å²) in [5, 5.41) is 6.84. The lowest BCUT2D eigenvalue weighted by molar-refractivity contribution is -0.131. The van der Waals surface area contributed by atoms with E-state index in [-0.39, 0.29) is 11.8 Å². The van der Waals surface area contributed by atoms with E-state index in [4.69, 9.17) is 46.4 Å². The van der Waals surface area contributed by atoms with Gasteiger partial charge in [0.15, 0.2) is 0 Å². The van der Waals surface area contributed by atoms with Crippen LogP contribution in [0.1, 0.15) is 12.8 Å². The van der Waals surface area contributed by atoms with Crippen molar-refractivity contribution in [1.29, 1.82) is 0 Å². The maximum Gasteiger partial charge on any atom is 0.240 e. The molecule has 25 heavy (non-hydrogen) atoms. The second-order valence-corrected chi connectivity index (χ2v) is 7.38. The third-order valence-corrected chi connectivity index (χ3v) is 5.45. The lowest BCUT2D eigenvalue weighted by atomic mass is 10.0. The van der Waals surface area contributed by atoms with Gasteiger partial charge in [0.25, 0.3) is 0 Å². The molecular formula is C17H12Cl4N2O2. The standard InChI is InChI=1S/C17H12Cl4N2O2/c18-11-3-1-9(7-13(11)20)22-15(24)17(5-6-17)16(25)23-10-2-4-12(19)14(21)8-10/h1-4,7-8H,5-6H2,(H,22,24)(H,23,25). The Kier molecular flexibility index (Phi) is 5.16. The molecule has 2 aromatic carbocycles. The lowest BCUT2D eigenvalue weighted by Crippen LogP contribution is -2.35. The van der Waals surface area contributed by atoms with Crippen molar-refractivity contribution < 1.29 is 9.59 Å². The van der Waals surface area contributed by atoms with Crippen LogP contribution in [0.4, 0.5) is 11.4 Å². The van der Waals surface area contributed by atoms with Crippen molar-refractivity contribution in [1.82, 2.24) is 0 Å². The van der Waals surface area contributed by atoms with Gasteiger partial charge in [0.05, 0.1) is 20.1 Å². The van der Waals surface area contributed by atoms with Crippen molar-refractivity contribution in [3.63, 3.8) is 0 Å². The van der Waals surface area contributed by atoms with Crippen molar-refractivity contribution in [2.45, 2.75) is 12.8 Å². The summed E-state index contributed by atoms with van der Waals surface area (Å²) >= 11 is 23.6. The van der Waals surface area contributed by atoms with Gasteiger partial charge in [0, 0.05) is 11.4 Å². The number of rotatable bonds is 4. The summed E-state index contributed by atoms with van der Waals surface area (Å²) in [6.45, 7) is 0. The van der Waals surface area contributed by atoms with Gasteiger partial charge >= 0.3 is 0 Å². The first-order valence-corrected chi connectivity index (χ1v) is 8.86. The van der Waals surface area contributed by atoms with Crippen LogP contribution in [0, 0.1) is 5.41 Å². The van der Waals surface area contributed by atoms with Crippen molar-refractivity contribution in [3.8, 4) is 0 Å². The fourth-order valence-corrected chi connectivity index (χ4v) is 2.93. The van der Waals surface area contributed by atoms with Gasteiger partial charge in [0.2, 0.25) is 11.8 Å². The second-order valence-electron chi connectivity index (χ2n) is 5.75. The van der Waals surface area contributed by atoms with Gasteiger partial charge < -0.3 is 10.6 Å². The van der Waals surface area contributed by atoms with E-state index in [0.717, 1.165) is 0 Å². The van der Waals surface area contributed by atoms with Crippen LogP contribution in [0.2, 0.25) is 20.1 Å². The van der Waals surface area contributed by atoms with E-state index in [1.165, 1.54) is 12.1 Å². The molecule has 0 atom stereocenters. The molecule has 1 saturated carbocycles. The van der Waals surface area contributed by atoms with Gasteiger partial charge in [-0.3, -0.25) is 9.59 Å². The normalized spacial score (nSPS) is 14.7. The summed E-state index contributed by atoms with van der Waals surface area (Å²) in [7, 11) is 0. The van der Waals surface area contributed by atoms with Gasteiger partial charge in [-0.25, -0.2) is 0 Å². The minimum atomic E-state index is -1.10. The average molecular weight is 418 g/mol. The molecule has 2 N–H and O–H groups in total. The predicted octanol–water partition coefficient (Wildman–Crippen LogP) is 5.66. The molecule has 0 saturated heterocycles. The Labute approximate surface area is 164 Å². The molecule has 1 fully saturated rings. The number of hydrogen-bond donors (Lipinski definition) is 2. The summed E-state index contributed by atoms with van der Waals surface area (Å²) in [6.07, 6.45) is 0.931. The Morgan fingerprint density at radius 2 is 1.12 bits per heavy atom. The molecule has 0 aliphatic heterocycles. The second kappa shape index (κ2) is 7.04. The molecule has 1 aliphatic rings. The molecule has 2 amide bonds. The van der Waals surface area contributed by atoms with Crippen molar-refractivity contribution in [2.24, 2.45) is 5.41 Å². The number of halogens is 4. The van der Waals surface area contributed by atoms with Crippen LogP contribution in [-0.2, 0) is 9.59 Å². The molecule has 130 valence electrons. The third-order valence-electron chi connectivity index (χ3n) is 3.97. The highest BCUT2D eigenvalue weighted by atomic mass is 35.5. The number of amides is 2. The summed E-state index contributed by atoms with van der Waals surface area (Å²) in [4.78, 5) is 25.1. The molecule has 0 radical (unpaired) electrons. The summed E-state index contributed by atoms with van der Waals surface area (Å²) < 4.78 is 0. The molecule has 3 rings (SSSR count). The Balaban J connectivity index is 1.72. The first-order chi connectivity index (χ1) is 11.8. The number of carbonyl (C=O) groups is 2. The van der Waals surface area contributed by atoms with Crippen LogP contribution >= 0.6 is 46.4 Å². The number of benzene rings is 2. The molecule has 8 heteroatoms. The van der Waals surface area contributed by atoms with Crippen LogP contribution in [0.5, 0.6) is 0 Å². The van der Waals surface area contributed by atoms with Crippen molar-refractivity contribution in [3.05, 3.63) is 56.5 Å². The molecule has 1 aliphatic carbocycles. The van der Waals surface area contributed by atoms with Gasteiger partial charge in [0.1, 0.15) is 5.41 Å². The van der Waals surface area contributed by atoms with E-state index in [0.29, 0.717) is 44.3 Å². The van der Waals surface area contributed by atoms with Crippen LogP contribution in [-0.4, -0.2) is 11.8 Å². The molecule has 2 aromatic rings. The van der Waals surface area contributed by atoms with E-state index < -0.39 is 5.41 Å². The highest BCUT2D eigenvalue weighted by molar-refractivity contribution is 6.42. The van der Waals surface area contributed by atoms with E-state index in [9.17, 15) is 9.59 Å². The summed E-state index contributed by atoms with van der Waals surface area (Å²) in [6, 6.07) is 9.48. The topological polar surface area (TPSA) is 58.2 Å². The summed E-state index contributed by atoms with van der Waals surface area (Å²) in [5.41, 5.74) is -0.140. The van der Waals surface area contributed by atoms with E-state index in [1.54, 1.807) is 24.3 Å². The smallest absolute Gasteiger partial charge is 0.240 e. The number of anilines is 2. The Hall–Kier alpha value is -1.46. The minimum absolute atomic E-state index is 0.324. The largest absolute Gasteiger partial charge is 0.325 e. The average Bonchev–Trinajstić information content (AvgIpc) is 3.36. The molecule has 0 aromatic heterocycles. The predicted molar refractivity (Wildman–Crippen MR) is 102 cm³/mol. The number of carbonyl (C=O) groups excluding carboxylic acids is 2. The zero-order valence-corrected chi connectivity index (χ0v) is 15.7. The van der Waals surface area contributed by atoms with Crippen LogP contribution < -0.4 is 10.6 Å². The minimum Gasteiger partial charge on any atom is -0.325 e. The van der Waals surface area contributed by atoms with E-state index in [2.05, 4.69) is 10.6 Å². The third kappa shape index (κ3) is 3.87. The number of hydrogen-bond acceptors (Lipinski definition) is 2. The van der Waals surface area contributed by atoms with Gasteiger partial charge in [-0.05, 0) is 49.2 Å². The van der Waals surface area contributed by atoms with Crippen LogP contribution in [0.25, 0.3) is 0 Å². The molecule has 0 heterocycles. The Morgan fingerprint density at radius 1 is 0.720 bits per heavy atom. The monoisotopic (exact) mass is 416 g/mol. The van der Waals surface area contributed by atoms with Gasteiger partial charge in [-0.15, -0.1) is 0 Å². The zero-order chi connectivity index (χ0) is 18.2. The maximum absolute atomic E-state index is 12.6. The van der Waals surface area contributed by atoms with E-state index in [1.807, 2.05) is 0 Å². The quantitative estimate of drug-likeness (QED) is 0.630. The Bertz CT molecular complexity index is 798. The van der Waals surface area contributed by atoms with Gasteiger partial charge in [-0.2, -0.15) is 0 Å². The van der Waals surface area contributed by atoms with E-state index >= 15 is 0 Å². The zero-order valence-electron chi connectivity index (χ0n) is 12.7. The Morgan fingerprint density at radius 3 is 1.44 bits per heavy atom. The molecule has 0 unspecified atom stereocenters. The first-order valence-electron chi connectivity index (χ1n) is 7.35. The highest BCUT2D eigenvalue weighted by Crippen LogP contribution is 2.47. The highest BCUT2D eigenvalue weighted by Gasteiger charge is 2.56. The maximum atomic E-state index is 12.6. The molecule has 0 spiro atoms.